The van der Waals surface area contributed by atoms with Gasteiger partial charge in [-0.2, -0.15) is 0 Å². The maximum atomic E-state index is 5.92. The van der Waals surface area contributed by atoms with E-state index in [2.05, 4.69) is 123 Å². The third-order valence-electron chi connectivity index (χ3n) is 6.61. The molecular formula is C29H23BrN4S. The highest BCUT2D eigenvalue weighted by molar-refractivity contribution is 9.10. The summed E-state index contributed by atoms with van der Waals surface area (Å²) in [5.74, 6) is 0. The van der Waals surface area contributed by atoms with Gasteiger partial charge in [-0.1, -0.05) is 52.3 Å². The number of pyridine rings is 1. The minimum absolute atomic E-state index is 0.0838. The van der Waals surface area contributed by atoms with Crippen LogP contribution in [0.4, 0.5) is 5.69 Å². The zero-order chi connectivity index (χ0) is 23.9. The second-order valence-corrected chi connectivity index (χ2v) is 10.0. The largest absolute Gasteiger partial charge is 0.351 e. The number of hydrogen-bond donors (Lipinski definition) is 1. The molecule has 0 radical (unpaired) electrons. The van der Waals surface area contributed by atoms with E-state index in [9.17, 15) is 0 Å². The van der Waals surface area contributed by atoms with E-state index in [1.807, 2.05) is 18.3 Å². The van der Waals surface area contributed by atoms with Gasteiger partial charge in [0.25, 0.3) is 0 Å². The first kappa shape index (κ1) is 22.0. The van der Waals surface area contributed by atoms with Crippen molar-refractivity contribution in [2.24, 2.45) is 0 Å². The molecule has 0 aliphatic carbocycles. The van der Waals surface area contributed by atoms with Gasteiger partial charge in [0.05, 0.1) is 11.7 Å². The molecule has 1 fully saturated rings. The summed E-state index contributed by atoms with van der Waals surface area (Å²) < 4.78 is 3.35. The number of fused-ring (bicyclic) bond motifs is 1. The van der Waals surface area contributed by atoms with Gasteiger partial charge in [0.1, 0.15) is 6.04 Å². The van der Waals surface area contributed by atoms with E-state index < -0.39 is 0 Å². The number of benzene rings is 3. The van der Waals surface area contributed by atoms with Gasteiger partial charge < -0.3 is 14.8 Å². The Morgan fingerprint density at radius 2 is 1.66 bits per heavy atom. The Kier molecular flexibility index (Phi) is 5.63. The van der Waals surface area contributed by atoms with Crippen LogP contribution < -0.4 is 10.2 Å². The van der Waals surface area contributed by atoms with E-state index in [4.69, 9.17) is 17.2 Å². The molecule has 0 amide bonds. The lowest BCUT2D eigenvalue weighted by Crippen LogP contribution is -2.30. The third kappa shape index (κ3) is 3.93. The van der Waals surface area contributed by atoms with Crippen LogP contribution in [0.2, 0.25) is 0 Å². The number of nitrogens with zero attached hydrogens (tertiary/aromatic N) is 3. The minimum atomic E-state index is -0.0956. The topological polar surface area (TPSA) is 33.1 Å². The average Bonchev–Trinajstić information content (AvgIpc) is 3.50. The zero-order valence-corrected chi connectivity index (χ0v) is 21.5. The quantitative estimate of drug-likeness (QED) is 0.244. The molecule has 0 spiro atoms. The minimum Gasteiger partial charge on any atom is -0.351 e. The van der Waals surface area contributed by atoms with E-state index in [1.54, 1.807) is 0 Å². The second-order valence-electron chi connectivity index (χ2n) is 8.76. The molecule has 4 nitrogen and oxygen atoms in total. The highest BCUT2D eigenvalue weighted by atomic mass is 79.9. The highest BCUT2D eigenvalue weighted by Crippen LogP contribution is 2.43. The number of halogens is 1. The molecule has 1 N–H and O–H groups in total. The fourth-order valence-electron chi connectivity index (χ4n) is 4.91. The van der Waals surface area contributed by atoms with Gasteiger partial charge in [0.2, 0.25) is 0 Å². The molecule has 5 aromatic rings. The molecule has 0 bridgehead atoms. The van der Waals surface area contributed by atoms with Gasteiger partial charge in [0.15, 0.2) is 5.11 Å². The summed E-state index contributed by atoms with van der Waals surface area (Å²) in [6.45, 7) is 2.10. The molecule has 3 aromatic carbocycles. The standard InChI is InChI=1S/C29H23BrN4S/c1-19-17-23(13-14-24(19)30)34-28(27(32-29(34)35)25-9-4-5-15-31-25)26-10-6-16-33(26)22-12-11-20-7-2-3-8-21(20)18-22/h2-18,27-28H,1H3,(H,32,35)/t27-,28+/m0/s1. The van der Waals surface area contributed by atoms with Crippen LogP contribution in [0.3, 0.4) is 0 Å². The molecule has 1 saturated heterocycles. The Labute approximate surface area is 218 Å². The van der Waals surface area contributed by atoms with Gasteiger partial charge in [0, 0.05) is 33.9 Å². The van der Waals surface area contributed by atoms with E-state index in [1.165, 1.54) is 10.8 Å². The van der Waals surface area contributed by atoms with E-state index in [0.717, 1.165) is 32.8 Å². The molecule has 0 saturated carbocycles. The van der Waals surface area contributed by atoms with E-state index >= 15 is 0 Å². The fraction of sp³-hybridized carbons (Fsp3) is 0.103. The van der Waals surface area contributed by atoms with Crippen molar-refractivity contribution >= 4 is 49.7 Å². The summed E-state index contributed by atoms with van der Waals surface area (Å²) in [4.78, 5) is 6.92. The first-order valence-electron chi connectivity index (χ1n) is 11.5. The van der Waals surface area contributed by atoms with Gasteiger partial charge >= 0.3 is 0 Å². The number of rotatable bonds is 4. The Morgan fingerprint density at radius 3 is 2.46 bits per heavy atom. The van der Waals surface area contributed by atoms with Crippen molar-refractivity contribution in [3.63, 3.8) is 0 Å². The van der Waals surface area contributed by atoms with Gasteiger partial charge in [-0.3, -0.25) is 4.98 Å². The second kappa shape index (κ2) is 8.95. The monoisotopic (exact) mass is 538 g/mol. The summed E-state index contributed by atoms with van der Waals surface area (Å²) in [5, 5.41) is 6.71. The van der Waals surface area contributed by atoms with Crippen molar-refractivity contribution in [1.29, 1.82) is 0 Å². The third-order valence-corrected chi connectivity index (χ3v) is 7.82. The number of thiocarbonyl (C=S) groups is 1. The van der Waals surface area contributed by atoms with Crippen LogP contribution in [0, 0.1) is 6.92 Å². The van der Waals surface area contributed by atoms with Crippen molar-refractivity contribution < 1.29 is 0 Å². The summed E-state index contributed by atoms with van der Waals surface area (Å²) in [6.07, 6.45) is 3.97. The Balaban J connectivity index is 1.52. The fourth-order valence-corrected chi connectivity index (χ4v) is 5.50. The van der Waals surface area contributed by atoms with Crippen molar-refractivity contribution in [2.45, 2.75) is 19.0 Å². The van der Waals surface area contributed by atoms with Crippen LogP contribution in [-0.4, -0.2) is 14.7 Å². The lowest BCUT2D eigenvalue weighted by atomic mass is 10.00. The average molecular weight is 540 g/mol. The van der Waals surface area contributed by atoms with Gasteiger partial charge in [-0.15, -0.1) is 0 Å². The smallest absolute Gasteiger partial charge is 0.174 e. The van der Waals surface area contributed by atoms with Crippen molar-refractivity contribution in [1.82, 2.24) is 14.9 Å². The molecule has 172 valence electrons. The number of hydrogen-bond acceptors (Lipinski definition) is 2. The maximum Gasteiger partial charge on any atom is 0.174 e. The molecule has 1 aliphatic heterocycles. The Bertz CT molecular complexity index is 1550. The molecule has 6 heteroatoms. The SMILES string of the molecule is Cc1cc(N2C(=S)N[C@@H](c3ccccn3)[C@H]2c2cccn2-c2ccc3ccccc3c2)ccc1Br. The first-order chi connectivity index (χ1) is 17.1. The number of aromatic nitrogens is 2. The first-order valence-corrected chi connectivity index (χ1v) is 12.7. The molecular weight excluding hydrogens is 516 g/mol. The van der Waals surface area contributed by atoms with Crippen LogP contribution in [0.1, 0.15) is 29.0 Å². The number of aryl methyl sites for hydroxylation is 1. The maximum absolute atomic E-state index is 5.92. The van der Waals surface area contributed by atoms with Gasteiger partial charge in [-0.05, 0) is 90.1 Å². The van der Waals surface area contributed by atoms with Gasteiger partial charge in [-0.25, -0.2) is 0 Å². The van der Waals surface area contributed by atoms with Crippen LogP contribution in [0.5, 0.6) is 0 Å². The predicted octanol–water partition coefficient (Wildman–Crippen LogP) is 7.27. The van der Waals surface area contributed by atoms with Crippen LogP contribution in [-0.2, 0) is 0 Å². The van der Waals surface area contributed by atoms with Crippen molar-refractivity contribution in [3.05, 3.63) is 125 Å². The predicted molar refractivity (Wildman–Crippen MR) is 150 cm³/mol. The molecule has 2 atom stereocenters. The lowest BCUT2D eigenvalue weighted by Gasteiger charge is -2.29. The molecule has 0 unspecified atom stereocenters. The van der Waals surface area contributed by atoms with Crippen LogP contribution in [0.15, 0.2) is 108 Å². The summed E-state index contributed by atoms with van der Waals surface area (Å²) in [7, 11) is 0. The van der Waals surface area contributed by atoms with Crippen LogP contribution in [0.25, 0.3) is 16.5 Å². The van der Waals surface area contributed by atoms with Crippen molar-refractivity contribution in [3.8, 4) is 5.69 Å². The van der Waals surface area contributed by atoms with Crippen molar-refractivity contribution in [2.75, 3.05) is 4.90 Å². The Morgan fingerprint density at radius 1 is 0.857 bits per heavy atom. The van der Waals surface area contributed by atoms with E-state index in [0.29, 0.717) is 5.11 Å². The molecule has 3 heterocycles. The summed E-state index contributed by atoms with van der Waals surface area (Å²) in [5.41, 5.74) is 5.44. The molecule has 2 aromatic heterocycles. The normalized spacial score (nSPS) is 17.7. The van der Waals surface area contributed by atoms with E-state index in [-0.39, 0.29) is 12.1 Å². The number of nitrogens with one attached hydrogen (secondary N) is 1. The lowest BCUT2D eigenvalue weighted by molar-refractivity contribution is 0.549. The Hall–Kier alpha value is -3.48. The molecule has 6 rings (SSSR count). The highest BCUT2D eigenvalue weighted by Gasteiger charge is 2.42. The summed E-state index contributed by atoms with van der Waals surface area (Å²) >= 11 is 9.55. The summed E-state index contributed by atoms with van der Waals surface area (Å²) in [6, 6.07) is 31.6. The zero-order valence-electron chi connectivity index (χ0n) is 19.1. The van der Waals surface area contributed by atoms with Crippen LogP contribution >= 0.6 is 28.1 Å². The molecule has 35 heavy (non-hydrogen) atoms. The molecule has 1 aliphatic rings. The number of anilines is 1.